The van der Waals surface area contributed by atoms with E-state index >= 15 is 0 Å². The minimum absolute atomic E-state index is 0.0323. The molecule has 9 heteroatoms. The molecule has 1 unspecified atom stereocenters. The van der Waals surface area contributed by atoms with E-state index in [1.54, 1.807) is 42.5 Å². The SMILES string of the molecule is CCCNC(=O)C(Cc1ccccc1)N(Cc1ccccc1)C(=O)CN(c1ccccc1OC)S(=O)(=O)c1ccccc1. The maximum atomic E-state index is 14.4. The molecular weight excluding hydrogens is 562 g/mol. The number of hydrogen-bond donors (Lipinski definition) is 1. The average molecular weight is 600 g/mol. The van der Waals surface area contributed by atoms with E-state index in [0.717, 1.165) is 21.9 Å². The number of amides is 2. The minimum atomic E-state index is -4.20. The molecule has 0 aliphatic carbocycles. The Balaban J connectivity index is 1.80. The van der Waals surface area contributed by atoms with Gasteiger partial charge in [0.25, 0.3) is 10.0 Å². The fraction of sp³-hybridized carbons (Fsp3) is 0.235. The zero-order valence-corrected chi connectivity index (χ0v) is 25.2. The number of benzene rings is 4. The molecule has 0 radical (unpaired) electrons. The Kier molecular flexibility index (Phi) is 10.9. The topological polar surface area (TPSA) is 96.0 Å². The quantitative estimate of drug-likeness (QED) is 0.219. The van der Waals surface area contributed by atoms with Gasteiger partial charge in [-0.2, -0.15) is 0 Å². The summed E-state index contributed by atoms with van der Waals surface area (Å²) in [5, 5.41) is 2.95. The lowest BCUT2D eigenvalue weighted by atomic mass is 10.0. The van der Waals surface area contributed by atoms with Crippen LogP contribution in [0.2, 0.25) is 0 Å². The predicted molar refractivity (Wildman–Crippen MR) is 168 cm³/mol. The van der Waals surface area contributed by atoms with Gasteiger partial charge in [-0.25, -0.2) is 8.42 Å². The zero-order valence-electron chi connectivity index (χ0n) is 24.4. The summed E-state index contributed by atoms with van der Waals surface area (Å²) in [6, 6.07) is 32.6. The molecule has 0 saturated carbocycles. The van der Waals surface area contributed by atoms with Crippen LogP contribution in [0.3, 0.4) is 0 Å². The summed E-state index contributed by atoms with van der Waals surface area (Å²) in [6.07, 6.45) is 0.988. The number of rotatable bonds is 14. The molecule has 0 aromatic heterocycles. The molecule has 224 valence electrons. The molecule has 2 amide bonds. The van der Waals surface area contributed by atoms with Crippen molar-refractivity contribution in [3.63, 3.8) is 0 Å². The second kappa shape index (κ2) is 15.0. The van der Waals surface area contributed by atoms with Gasteiger partial charge in [0.1, 0.15) is 18.3 Å². The first-order valence-electron chi connectivity index (χ1n) is 14.2. The number of hydrogen-bond acceptors (Lipinski definition) is 5. The highest BCUT2D eigenvalue weighted by Crippen LogP contribution is 2.32. The van der Waals surface area contributed by atoms with E-state index in [4.69, 9.17) is 4.74 Å². The molecule has 0 saturated heterocycles. The van der Waals surface area contributed by atoms with Crippen LogP contribution in [-0.4, -0.2) is 51.4 Å². The fourth-order valence-corrected chi connectivity index (χ4v) is 6.21. The second-order valence-corrected chi connectivity index (χ2v) is 11.9. The molecule has 8 nitrogen and oxygen atoms in total. The van der Waals surface area contributed by atoms with Crippen molar-refractivity contribution in [1.29, 1.82) is 0 Å². The molecule has 0 fully saturated rings. The molecule has 4 aromatic carbocycles. The highest BCUT2D eigenvalue weighted by molar-refractivity contribution is 7.92. The van der Waals surface area contributed by atoms with E-state index in [2.05, 4.69) is 5.32 Å². The number of nitrogens with zero attached hydrogens (tertiary/aromatic N) is 2. The number of anilines is 1. The molecule has 1 atom stereocenters. The lowest BCUT2D eigenvalue weighted by molar-refractivity contribution is -0.140. The summed E-state index contributed by atoms with van der Waals surface area (Å²) >= 11 is 0. The van der Waals surface area contributed by atoms with Gasteiger partial charge in [-0.05, 0) is 41.8 Å². The van der Waals surface area contributed by atoms with Crippen molar-refractivity contribution in [3.8, 4) is 5.75 Å². The first kappa shape index (κ1) is 31.3. The van der Waals surface area contributed by atoms with Crippen LogP contribution in [-0.2, 0) is 32.6 Å². The van der Waals surface area contributed by atoms with Crippen molar-refractivity contribution >= 4 is 27.5 Å². The van der Waals surface area contributed by atoms with Gasteiger partial charge in [0.15, 0.2) is 0 Å². The predicted octanol–water partition coefficient (Wildman–Crippen LogP) is 5.06. The molecule has 4 rings (SSSR count). The van der Waals surface area contributed by atoms with Crippen LogP contribution in [0.15, 0.2) is 120 Å². The summed E-state index contributed by atoms with van der Waals surface area (Å²) in [6.45, 7) is 1.98. The number of nitrogens with one attached hydrogen (secondary N) is 1. The number of para-hydroxylation sites is 2. The molecule has 1 N–H and O–H groups in total. The third-order valence-corrected chi connectivity index (χ3v) is 8.75. The van der Waals surface area contributed by atoms with Crippen LogP contribution < -0.4 is 14.4 Å². The van der Waals surface area contributed by atoms with Crippen LogP contribution in [0, 0.1) is 0 Å². The lowest BCUT2D eigenvalue weighted by Crippen LogP contribution is -2.53. The van der Waals surface area contributed by atoms with Crippen LogP contribution in [0.5, 0.6) is 5.75 Å². The van der Waals surface area contributed by atoms with Crippen molar-refractivity contribution in [1.82, 2.24) is 10.2 Å². The normalized spacial score (nSPS) is 11.8. The van der Waals surface area contributed by atoms with Gasteiger partial charge in [0.05, 0.1) is 17.7 Å². The van der Waals surface area contributed by atoms with Crippen LogP contribution in [0.25, 0.3) is 0 Å². The molecular formula is C34H37N3O5S. The Hall–Kier alpha value is -4.63. The van der Waals surface area contributed by atoms with E-state index < -0.39 is 28.5 Å². The van der Waals surface area contributed by atoms with Gasteiger partial charge >= 0.3 is 0 Å². The summed E-state index contributed by atoms with van der Waals surface area (Å²) in [5.41, 5.74) is 1.91. The van der Waals surface area contributed by atoms with E-state index in [1.165, 1.54) is 24.1 Å². The number of sulfonamides is 1. The zero-order chi connectivity index (χ0) is 30.7. The summed E-state index contributed by atoms with van der Waals surface area (Å²) < 4.78 is 34.7. The highest BCUT2D eigenvalue weighted by Gasteiger charge is 2.35. The van der Waals surface area contributed by atoms with Crippen LogP contribution in [0.1, 0.15) is 24.5 Å². The maximum absolute atomic E-state index is 14.4. The summed E-state index contributed by atoms with van der Waals surface area (Å²) in [4.78, 5) is 29.6. The molecule has 0 bridgehead atoms. The molecule has 0 spiro atoms. The van der Waals surface area contributed by atoms with Crippen molar-refractivity contribution < 1.29 is 22.7 Å². The van der Waals surface area contributed by atoms with E-state index in [-0.39, 0.29) is 29.5 Å². The highest BCUT2D eigenvalue weighted by atomic mass is 32.2. The summed E-state index contributed by atoms with van der Waals surface area (Å²) in [5.74, 6) is -0.530. The van der Waals surface area contributed by atoms with Crippen LogP contribution >= 0.6 is 0 Å². The summed E-state index contributed by atoms with van der Waals surface area (Å²) in [7, 11) is -2.75. The standard InChI is InChI=1S/C34H37N3O5S/c1-3-23-35-34(39)31(24-27-15-7-4-8-16-27)36(25-28-17-9-5-10-18-28)33(38)26-37(30-21-13-14-22-32(30)42-2)43(40,41)29-19-11-6-12-20-29/h4-22,31H,3,23-26H2,1-2H3,(H,35,39). The third-order valence-electron chi connectivity index (χ3n) is 6.98. The maximum Gasteiger partial charge on any atom is 0.264 e. The third kappa shape index (κ3) is 8.02. The van der Waals surface area contributed by atoms with Crippen molar-refractivity contribution in [2.45, 2.75) is 37.2 Å². The Labute approximate surface area is 254 Å². The number of carbonyl (C=O) groups is 2. The number of methoxy groups -OCH3 is 1. The smallest absolute Gasteiger partial charge is 0.264 e. The Bertz CT molecular complexity index is 1580. The Morgan fingerprint density at radius 1 is 0.791 bits per heavy atom. The van der Waals surface area contributed by atoms with Gasteiger partial charge in [-0.1, -0.05) is 97.9 Å². The number of ether oxygens (including phenoxy) is 1. The first-order valence-corrected chi connectivity index (χ1v) is 15.6. The minimum Gasteiger partial charge on any atom is -0.495 e. The van der Waals surface area contributed by atoms with Crippen molar-refractivity contribution in [3.05, 3.63) is 126 Å². The second-order valence-electron chi connectivity index (χ2n) is 10.0. The van der Waals surface area contributed by atoms with Crippen LogP contribution in [0.4, 0.5) is 5.69 Å². The van der Waals surface area contributed by atoms with Crippen molar-refractivity contribution in [2.75, 3.05) is 24.5 Å². The average Bonchev–Trinajstić information content (AvgIpc) is 3.05. The van der Waals surface area contributed by atoms with Gasteiger partial charge in [0, 0.05) is 19.5 Å². The fourth-order valence-electron chi connectivity index (χ4n) is 4.77. The monoisotopic (exact) mass is 599 g/mol. The van der Waals surface area contributed by atoms with Gasteiger partial charge < -0.3 is 15.0 Å². The molecule has 0 aliphatic heterocycles. The molecule has 0 heterocycles. The van der Waals surface area contributed by atoms with E-state index in [0.29, 0.717) is 12.3 Å². The van der Waals surface area contributed by atoms with E-state index in [9.17, 15) is 18.0 Å². The molecule has 43 heavy (non-hydrogen) atoms. The largest absolute Gasteiger partial charge is 0.495 e. The van der Waals surface area contributed by atoms with Gasteiger partial charge in [-0.3, -0.25) is 13.9 Å². The molecule has 0 aliphatic rings. The van der Waals surface area contributed by atoms with E-state index in [1.807, 2.05) is 67.6 Å². The van der Waals surface area contributed by atoms with Gasteiger partial charge in [-0.15, -0.1) is 0 Å². The number of carbonyl (C=O) groups excluding carboxylic acids is 2. The molecule has 4 aromatic rings. The Morgan fingerprint density at radius 3 is 1.95 bits per heavy atom. The first-order chi connectivity index (χ1) is 20.8. The van der Waals surface area contributed by atoms with Gasteiger partial charge in [0.2, 0.25) is 11.8 Å². The Morgan fingerprint density at radius 2 is 1.35 bits per heavy atom. The lowest BCUT2D eigenvalue weighted by Gasteiger charge is -2.34. The van der Waals surface area contributed by atoms with Crippen molar-refractivity contribution in [2.24, 2.45) is 0 Å².